The summed E-state index contributed by atoms with van der Waals surface area (Å²) >= 11 is 0. The molecular formula is C19H19F3O4. The molecule has 0 fully saturated rings. The quantitative estimate of drug-likeness (QED) is 0.871. The lowest BCUT2D eigenvalue weighted by atomic mass is 9.71. The number of aliphatic hydroxyl groups is 2. The minimum Gasteiger partial charge on any atom is -0.496 e. The van der Waals surface area contributed by atoms with Crippen molar-refractivity contribution in [1.29, 1.82) is 0 Å². The van der Waals surface area contributed by atoms with Gasteiger partial charge >= 0.3 is 12.0 Å². The summed E-state index contributed by atoms with van der Waals surface area (Å²) in [7, 11) is 1.40. The molecule has 4 unspecified atom stereocenters. The second kappa shape index (κ2) is 6.48. The zero-order valence-electron chi connectivity index (χ0n) is 14.2. The van der Waals surface area contributed by atoms with Gasteiger partial charge in [-0.2, -0.15) is 13.2 Å². The van der Waals surface area contributed by atoms with Crippen LogP contribution in [0.5, 0.6) is 11.5 Å². The lowest BCUT2D eigenvalue weighted by molar-refractivity contribution is -0.369. The van der Waals surface area contributed by atoms with E-state index >= 15 is 0 Å². The number of benzene rings is 2. The third-order valence-corrected chi connectivity index (χ3v) is 4.72. The Labute approximate surface area is 148 Å². The average molecular weight is 368 g/mol. The summed E-state index contributed by atoms with van der Waals surface area (Å²) in [6.45, 7) is 1.21. The fourth-order valence-corrected chi connectivity index (χ4v) is 3.63. The van der Waals surface area contributed by atoms with Crippen molar-refractivity contribution in [3.8, 4) is 11.5 Å². The number of aliphatic hydroxyl groups excluding tert-OH is 1. The maximum absolute atomic E-state index is 13.8. The van der Waals surface area contributed by atoms with Crippen LogP contribution in [0.2, 0.25) is 0 Å². The van der Waals surface area contributed by atoms with Gasteiger partial charge < -0.3 is 19.7 Å². The first kappa shape index (κ1) is 18.5. The summed E-state index contributed by atoms with van der Waals surface area (Å²) in [6.07, 6.45) is -6.62. The van der Waals surface area contributed by atoms with Crippen molar-refractivity contribution in [3.63, 3.8) is 0 Å². The van der Waals surface area contributed by atoms with E-state index < -0.39 is 29.9 Å². The van der Waals surface area contributed by atoms with Gasteiger partial charge in [-0.25, -0.2) is 0 Å². The van der Waals surface area contributed by atoms with Crippen molar-refractivity contribution in [2.45, 2.75) is 30.9 Å². The van der Waals surface area contributed by atoms with Crippen LogP contribution < -0.4 is 9.47 Å². The zero-order chi connectivity index (χ0) is 19.1. The molecule has 0 spiro atoms. The van der Waals surface area contributed by atoms with E-state index in [-0.39, 0.29) is 5.75 Å². The van der Waals surface area contributed by atoms with Crippen LogP contribution in [0.15, 0.2) is 48.5 Å². The fraction of sp³-hybridized carbons (Fsp3) is 0.368. The lowest BCUT2D eigenvalue weighted by Crippen LogP contribution is -2.62. The minimum absolute atomic E-state index is 0.130. The topological polar surface area (TPSA) is 58.9 Å². The van der Waals surface area contributed by atoms with E-state index in [0.717, 1.165) is 0 Å². The first-order valence-electron chi connectivity index (χ1n) is 8.08. The van der Waals surface area contributed by atoms with Gasteiger partial charge in [-0.1, -0.05) is 36.4 Å². The Hall–Kier alpha value is -2.25. The van der Waals surface area contributed by atoms with Gasteiger partial charge in [-0.05, 0) is 24.6 Å². The van der Waals surface area contributed by atoms with Crippen LogP contribution in [0.3, 0.4) is 0 Å². The highest BCUT2D eigenvalue weighted by molar-refractivity contribution is 5.53. The number of methoxy groups -OCH3 is 1. The van der Waals surface area contributed by atoms with Gasteiger partial charge in [0.2, 0.25) is 0 Å². The van der Waals surface area contributed by atoms with Crippen molar-refractivity contribution < 1.29 is 32.9 Å². The molecule has 26 heavy (non-hydrogen) atoms. The van der Waals surface area contributed by atoms with Gasteiger partial charge in [0.15, 0.2) is 0 Å². The van der Waals surface area contributed by atoms with E-state index in [1.807, 2.05) is 0 Å². The molecule has 0 amide bonds. The molecule has 0 aliphatic carbocycles. The van der Waals surface area contributed by atoms with Gasteiger partial charge in [0.1, 0.15) is 11.5 Å². The van der Waals surface area contributed by atoms with Crippen LogP contribution in [0, 0.1) is 5.92 Å². The molecule has 0 radical (unpaired) electrons. The predicted octanol–water partition coefficient (Wildman–Crippen LogP) is 3.47. The highest BCUT2D eigenvalue weighted by Gasteiger charge is 2.67. The molecular weight excluding hydrogens is 349 g/mol. The molecule has 1 heterocycles. The number of hydrogen-bond acceptors (Lipinski definition) is 4. The van der Waals surface area contributed by atoms with Crippen LogP contribution in [0.25, 0.3) is 0 Å². The first-order chi connectivity index (χ1) is 12.2. The number of alkyl halides is 3. The second-order valence-corrected chi connectivity index (χ2v) is 6.32. The molecule has 0 aromatic heterocycles. The van der Waals surface area contributed by atoms with E-state index in [9.17, 15) is 23.4 Å². The summed E-state index contributed by atoms with van der Waals surface area (Å²) in [6, 6.07) is 12.9. The average Bonchev–Trinajstić information content (AvgIpc) is 2.59. The van der Waals surface area contributed by atoms with E-state index in [1.165, 1.54) is 26.2 Å². The minimum atomic E-state index is -5.11. The molecule has 4 atom stereocenters. The number of rotatable bonds is 3. The fourth-order valence-electron chi connectivity index (χ4n) is 3.63. The van der Waals surface area contributed by atoms with Crippen LogP contribution in [0.1, 0.15) is 24.0 Å². The summed E-state index contributed by atoms with van der Waals surface area (Å²) < 4.78 is 51.7. The molecule has 1 aliphatic rings. The summed E-state index contributed by atoms with van der Waals surface area (Å²) in [5.74, 6) is -6.02. The number of ether oxygens (including phenoxy) is 2. The maximum Gasteiger partial charge on any atom is 0.455 e. The summed E-state index contributed by atoms with van der Waals surface area (Å²) in [4.78, 5) is 0. The maximum atomic E-state index is 13.8. The normalized spacial score (nSPS) is 26.6. The van der Waals surface area contributed by atoms with E-state index in [1.54, 1.807) is 36.4 Å². The molecule has 2 N–H and O–H groups in total. The number of fused-ring (bicyclic) bond motifs is 1. The van der Waals surface area contributed by atoms with Crippen LogP contribution in [0.4, 0.5) is 13.2 Å². The smallest absolute Gasteiger partial charge is 0.455 e. The van der Waals surface area contributed by atoms with Crippen molar-refractivity contribution in [2.24, 2.45) is 5.92 Å². The Bertz CT molecular complexity index is 776. The Morgan fingerprint density at radius 3 is 2.31 bits per heavy atom. The van der Waals surface area contributed by atoms with Gasteiger partial charge in [0.05, 0.1) is 19.1 Å². The molecule has 1 aliphatic heterocycles. The van der Waals surface area contributed by atoms with Crippen molar-refractivity contribution in [3.05, 3.63) is 59.7 Å². The Morgan fingerprint density at radius 2 is 1.77 bits per heavy atom. The van der Waals surface area contributed by atoms with Gasteiger partial charge in [-0.3, -0.25) is 0 Å². The van der Waals surface area contributed by atoms with Crippen molar-refractivity contribution >= 4 is 0 Å². The van der Waals surface area contributed by atoms with Crippen molar-refractivity contribution in [1.82, 2.24) is 0 Å². The standard InChI is InChI=1S/C19H19F3O4/c1-11(23)17-15(12-7-4-3-5-8-12)16-13(25-2)9-6-10-14(16)26-18(17,24)19(20,21)22/h3-11,15,17,23-24H,1-2H3. The van der Waals surface area contributed by atoms with Gasteiger partial charge in [0, 0.05) is 11.5 Å². The molecule has 0 saturated heterocycles. The molecule has 0 saturated carbocycles. The largest absolute Gasteiger partial charge is 0.496 e. The molecule has 140 valence electrons. The van der Waals surface area contributed by atoms with E-state index in [2.05, 4.69) is 0 Å². The molecule has 0 bridgehead atoms. The summed E-state index contributed by atoms with van der Waals surface area (Å²) in [5, 5.41) is 20.7. The second-order valence-electron chi connectivity index (χ2n) is 6.32. The Morgan fingerprint density at radius 1 is 1.12 bits per heavy atom. The van der Waals surface area contributed by atoms with Crippen LogP contribution in [-0.2, 0) is 0 Å². The third-order valence-electron chi connectivity index (χ3n) is 4.72. The lowest BCUT2D eigenvalue weighted by Gasteiger charge is -2.47. The SMILES string of the molecule is COc1cccc2c1C(c1ccccc1)C(C(C)O)C(O)(C(F)(F)F)O2. The predicted molar refractivity (Wildman–Crippen MR) is 88.1 cm³/mol. The van der Waals surface area contributed by atoms with Gasteiger partial charge in [-0.15, -0.1) is 0 Å². The van der Waals surface area contributed by atoms with E-state index in [0.29, 0.717) is 16.9 Å². The van der Waals surface area contributed by atoms with Crippen molar-refractivity contribution in [2.75, 3.05) is 7.11 Å². The van der Waals surface area contributed by atoms with Crippen LogP contribution in [-0.4, -0.2) is 35.4 Å². The number of hydrogen-bond donors (Lipinski definition) is 2. The molecule has 3 rings (SSSR count). The Kier molecular flexibility index (Phi) is 4.62. The zero-order valence-corrected chi connectivity index (χ0v) is 14.2. The molecule has 2 aromatic carbocycles. The van der Waals surface area contributed by atoms with Gasteiger partial charge in [0.25, 0.3) is 0 Å². The molecule has 7 heteroatoms. The highest BCUT2D eigenvalue weighted by Crippen LogP contribution is 2.55. The highest BCUT2D eigenvalue weighted by atomic mass is 19.4. The molecule has 2 aromatic rings. The monoisotopic (exact) mass is 368 g/mol. The first-order valence-corrected chi connectivity index (χ1v) is 8.08. The summed E-state index contributed by atoms with van der Waals surface area (Å²) in [5.41, 5.74) is 0.871. The Balaban J connectivity index is 2.33. The number of halogens is 3. The third kappa shape index (κ3) is 2.81. The van der Waals surface area contributed by atoms with E-state index in [4.69, 9.17) is 9.47 Å². The van der Waals surface area contributed by atoms with Crippen LogP contribution >= 0.6 is 0 Å². The molecule has 4 nitrogen and oxygen atoms in total.